The van der Waals surface area contributed by atoms with E-state index in [1.54, 1.807) is 18.2 Å². The molecule has 0 unspecified atom stereocenters. The Balaban J connectivity index is 3.02. The van der Waals surface area contributed by atoms with Crippen LogP contribution < -0.4 is 5.32 Å². The fraction of sp³-hybridized carbons (Fsp3) is 0.100. The third-order valence-corrected chi connectivity index (χ3v) is 1.77. The van der Waals surface area contributed by atoms with Crippen molar-refractivity contribution in [3.8, 4) is 6.07 Å². The van der Waals surface area contributed by atoms with Crippen LogP contribution in [0.4, 0.5) is 5.69 Å². The number of para-hydroxylation sites is 1. The molecule has 1 aromatic carbocycles. The lowest BCUT2D eigenvalue weighted by atomic mass is 10.1. The van der Waals surface area contributed by atoms with Crippen LogP contribution in [-0.2, 0) is 4.79 Å². The largest absolute Gasteiger partial charge is 0.477 e. The van der Waals surface area contributed by atoms with E-state index >= 15 is 0 Å². The summed E-state index contributed by atoms with van der Waals surface area (Å²) >= 11 is 0. The fourth-order valence-electron chi connectivity index (χ4n) is 1.11. The molecule has 1 rings (SSSR count). The average molecular weight is 203 g/mol. The van der Waals surface area contributed by atoms with Gasteiger partial charge in [0, 0.05) is 11.3 Å². The molecule has 0 saturated heterocycles. The first-order valence-electron chi connectivity index (χ1n) is 4.19. The van der Waals surface area contributed by atoms with Crippen LogP contribution in [0.2, 0.25) is 0 Å². The van der Waals surface area contributed by atoms with Gasteiger partial charge in [0.1, 0.15) is 12.3 Å². The first kappa shape index (κ1) is 10.7. The van der Waals surface area contributed by atoms with Gasteiger partial charge >= 0.3 is 5.97 Å². The van der Waals surface area contributed by atoms with Gasteiger partial charge in [0.05, 0.1) is 6.07 Å². The van der Waals surface area contributed by atoms with Gasteiger partial charge in [0.25, 0.3) is 0 Å². The smallest absolute Gasteiger partial charge is 0.354 e. The first-order valence-corrected chi connectivity index (χ1v) is 4.19. The van der Waals surface area contributed by atoms with Crippen molar-refractivity contribution in [2.75, 3.05) is 11.9 Å². The van der Waals surface area contributed by atoms with Gasteiger partial charge in [-0.3, -0.25) is 5.41 Å². The Hall–Kier alpha value is -2.35. The molecular weight excluding hydrogens is 194 g/mol. The highest BCUT2D eigenvalue weighted by atomic mass is 16.4. The number of hydrogen-bond donors (Lipinski definition) is 3. The van der Waals surface area contributed by atoms with Crippen molar-refractivity contribution < 1.29 is 9.90 Å². The second-order valence-electron chi connectivity index (χ2n) is 2.74. The number of carbonyl (C=O) groups is 1. The van der Waals surface area contributed by atoms with Crippen molar-refractivity contribution in [2.24, 2.45) is 0 Å². The van der Waals surface area contributed by atoms with Gasteiger partial charge in [-0.05, 0) is 6.07 Å². The van der Waals surface area contributed by atoms with Crippen LogP contribution in [0.25, 0.3) is 0 Å². The lowest BCUT2D eigenvalue weighted by molar-refractivity contribution is -0.129. The maximum atomic E-state index is 10.6. The highest BCUT2D eigenvalue weighted by Crippen LogP contribution is 2.15. The number of rotatable bonds is 4. The molecule has 0 aromatic heterocycles. The van der Waals surface area contributed by atoms with Crippen LogP contribution in [0.15, 0.2) is 24.3 Å². The Morgan fingerprint density at radius 3 is 2.80 bits per heavy atom. The number of nitrogens with zero attached hydrogens (tertiary/aromatic N) is 1. The molecule has 15 heavy (non-hydrogen) atoms. The van der Waals surface area contributed by atoms with Gasteiger partial charge in [0.2, 0.25) is 0 Å². The topological polar surface area (TPSA) is 97.0 Å². The zero-order valence-corrected chi connectivity index (χ0v) is 7.82. The normalized spacial score (nSPS) is 9.00. The number of nitrogens with one attached hydrogen (secondary N) is 2. The molecule has 0 atom stereocenters. The lowest BCUT2D eigenvalue weighted by Gasteiger charge is -2.07. The Bertz CT molecular complexity index is 435. The molecule has 0 heterocycles. The molecule has 0 bridgehead atoms. The summed E-state index contributed by atoms with van der Waals surface area (Å²) in [5.74, 6) is -1.29. The number of carboxylic acids is 1. The SMILES string of the molecule is N#CCNc1ccccc1C(=N)C(=O)O. The molecule has 0 fully saturated rings. The summed E-state index contributed by atoms with van der Waals surface area (Å²) in [5, 5.41) is 27.1. The van der Waals surface area contributed by atoms with Crippen molar-refractivity contribution >= 4 is 17.4 Å². The van der Waals surface area contributed by atoms with E-state index in [0.717, 1.165) is 0 Å². The second kappa shape index (κ2) is 4.77. The standard InChI is InChI=1S/C10H9N3O2/c11-5-6-13-8-4-2-1-3-7(8)9(12)10(14)15/h1-4,12-13H,6H2,(H,14,15). The number of nitriles is 1. The summed E-state index contributed by atoms with van der Waals surface area (Å²) in [7, 11) is 0. The Morgan fingerprint density at radius 2 is 2.20 bits per heavy atom. The quantitative estimate of drug-likeness (QED) is 0.503. The third-order valence-electron chi connectivity index (χ3n) is 1.77. The summed E-state index contributed by atoms with van der Waals surface area (Å²) in [5.41, 5.74) is 0.266. The Kier molecular flexibility index (Phi) is 3.41. The van der Waals surface area contributed by atoms with E-state index in [2.05, 4.69) is 5.32 Å². The van der Waals surface area contributed by atoms with Gasteiger partial charge in [0.15, 0.2) is 0 Å². The molecule has 0 spiro atoms. The van der Waals surface area contributed by atoms with E-state index in [-0.39, 0.29) is 12.1 Å². The minimum atomic E-state index is -1.29. The van der Waals surface area contributed by atoms with Gasteiger partial charge in [-0.1, -0.05) is 18.2 Å². The summed E-state index contributed by atoms with van der Waals surface area (Å²) in [4.78, 5) is 10.6. The number of carboxylic acid groups (broad SMARTS) is 1. The van der Waals surface area contributed by atoms with Crippen LogP contribution in [0, 0.1) is 16.7 Å². The summed E-state index contributed by atoms with van der Waals surface area (Å²) in [6, 6.07) is 8.39. The molecule has 5 heteroatoms. The molecule has 0 aliphatic rings. The number of aliphatic carboxylic acids is 1. The van der Waals surface area contributed by atoms with Crippen LogP contribution in [0.5, 0.6) is 0 Å². The molecule has 0 saturated carbocycles. The molecule has 3 N–H and O–H groups in total. The van der Waals surface area contributed by atoms with Crippen molar-refractivity contribution in [3.05, 3.63) is 29.8 Å². The number of benzene rings is 1. The van der Waals surface area contributed by atoms with Gasteiger partial charge in [-0.25, -0.2) is 4.79 Å². The molecule has 0 aliphatic carbocycles. The number of anilines is 1. The molecule has 0 aliphatic heterocycles. The van der Waals surface area contributed by atoms with E-state index in [9.17, 15) is 4.79 Å². The maximum Gasteiger partial charge on any atom is 0.354 e. The maximum absolute atomic E-state index is 10.6. The molecule has 5 nitrogen and oxygen atoms in total. The first-order chi connectivity index (χ1) is 7.16. The van der Waals surface area contributed by atoms with Crippen molar-refractivity contribution in [3.63, 3.8) is 0 Å². The summed E-state index contributed by atoms with van der Waals surface area (Å²) < 4.78 is 0. The molecule has 0 amide bonds. The van der Waals surface area contributed by atoms with E-state index in [4.69, 9.17) is 15.8 Å². The van der Waals surface area contributed by atoms with Crippen LogP contribution in [0.1, 0.15) is 5.56 Å². The summed E-state index contributed by atoms with van der Waals surface area (Å²) in [6.07, 6.45) is 0. The minimum absolute atomic E-state index is 0.0733. The minimum Gasteiger partial charge on any atom is -0.477 e. The van der Waals surface area contributed by atoms with Gasteiger partial charge in [-0.2, -0.15) is 5.26 Å². The van der Waals surface area contributed by atoms with E-state index in [1.165, 1.54) is 6.07 Å². The molecular formula is C10H9N3O2. The third kappa shape index (κ3) is 2.54. The zero-order chi connectivity index (χ0) is 11.3. The Morgan fingerprint density at radius 1 is 1.53 bits per heavy atom. The van der Waals surface area contributed by atoms with Crippen LogP contribution >= 0.6 is 0 Å². The van der Waals surface area contributed by atoms with E-state index in [1.807, 2.05) is 6.07 Å². The van der Waals surface area contributed by atoms with Crippen molar-refractivity contribution in [1.82, 2.24) is 0 Å². The highest BCUT2D eigenvalue weighted by molar-refractivity contribution is 6.42. The fourth-order valence-corrected chi connectivity index (χ4v) is 1.11. The van der Waals surface area contributed by atoms with Crippen LogP contribution in [-0.4, -0.2) is 23.3 Å². The van der Waals surface area contributed by atoms with Gasteiger partial charge < -0.3 is 10.4 Å². The second-order valence-corrected chi connectivity index (χ2v) is 2.74. The zero-order valence-electron chi connectivity index (χ0n) is 7.82. The van der Waals surface area contributed by atoms with Gasteiger partial charge in [-0.15, -0.1) is 0 Å². The lowest BCUT2D eigenvalue weighted by Crippen LogP contribution is -2.15. The van der Waals surface area contributed by atoms with Crippen molar-refractivity contribution in [1.29, 1.82) is 10.7 Å². The Labute approximate surface area is 86.5 Å². The van der Waals surface area contributed by atoms with Crippen molar-refractivity contribution in [2.45, 2.75) is 0 Å². The average Bonchev–Trinajstić information content (AvgIpc) is 2.25. The van der Waals surface area contributed by atoms with E-state index in [0.29, 0.717) is 5.69 Å². The van der Waals surface area contributed by atoms with E-state index < -0.39 is 11.7 Å². The molecule has 0 radical (unpaired) electrons. The summed E-state index contributed by atoms with van der Waals surface area (Å²) in [6.45, 7) is 0.0733. The monoisotopic (exact) mass is 203 g/mol. The van der Waals surface area contributed by atoms with Crippen LogP contribution in [0.3, 0.4) is 0 Å². The molecule has 76 valence electrons. The highest BCUT2D eigenvalue weighted by Gasteiger charge is 2.13. The molecule has 1 aromatic rings. The predicted octanol–water partition coefficient (Wildman–Crippen LogP) is 1.07. The number of hydrogen-bond acceptors (Lipinski definition) is 4. The predicted molar refractivity (Wildman–Crippen MR) is 55.0 cm³/mol.